The quantitative estimate of drug-likeness (QED) is 0.876. The molecule has 1 aliphatic rings. The summed E-state index contributed by atoms with van der Waals surface area (Å²) in [4.78, 5) is 14.2. The fraction of sp³-hybridized carbons (Fsp3) is 0.500. The van der Waals surface area contributed by atoms with Gasteiger partial charge in [0.15, 0.2) is 0 Å². The second-order valence-corrected chi connectivity index (χ2v) is 4.73. The Morgan fingerprint density at radius 2 is 2.16 bits per heavy atom. The minimum atomic E-state index is -0.543. The maximum absolute atomic E-state index is 13.0. The Kier molecular flexibility index (Phi) is 4.37. The van der Waals surface area contributed by atoms with Crippen LogP contribution in [0.2, 0.25) is 0 Å². The van der Waals surface area contributed by atoms with E-state index in [1.165, 1.54) is 12.1 Å². The number of amides is 1. The molecule has 0 saturated carbocycles. The van der Waals surface area contributed by atoms with Gasteiger partial charge in [-0.05, 0) is 45.0 Å². The highest BCUT2D eigenvalue weighted by Gasteiger charge is 2.26. The molecule has 1 heterocycles. The Morgan fingerprint density at radius 3 is 2.74 bits per heavy atom. The maximum Gasteiger partial charge on any atom is 0.257 e. The average Bonchev–Trinajstić information content (AvgIpc) is 2.40. The standard InChI is InChI=1S/C14H19FN2O2/c1-2-17(11-5-7-16-8-6-11)14(19)12-4-3-10(15)9-13(12)18/h3-4,9,11,16,18H,2,5-8H2,1H3. The van der Waals surface area contributed by atoms with E-state index in [0.29, 0.717) is 6.54 Å². The maximum atomic E-state index is 13.0. The normalized spacial score (nSPS) is 16.3. The highest BCUT2D eigenvalue weighted by atomic mass is 19.1. The SMILES string of the molecule is CCN(C(=O)c1ccc(F)cc1O)C1CCNCC1. The largest absolute Gasteiger partial charge is 0.507 e. The molecule has 1 aromatic carbocycles. The number of hydrogen-bond donors (Lipinski definition) is 2. The Hall–Kier alpha value is -1.62. The van der Waals surface area contributed by atoms with Crippen molar-refractivity contribution in [3.63, 3.8) is 0 Å². The summed E-state index contributed by atoms with van der Waals surface area (Å²) in [5, 5.41) is 13.0. The number of benzene rings is 1. The lowest BCUT2D eigenvalue weighted by molar-refractivity contribution is 0.0653. The molecule has 0 aromatic heterocycles. The molecule has 1 amide bonds. The van der Waals surface area contributed by atoms with Crippen LogP contribution in [-0.2, 0) is 0 Å². The highest BCUT2D eigenvalue weighted by molar-refractivity contribution is 5.97. The summed E-state index contributed by atoms with van der Waals surface area (Å²) in [5.41, 5.74) is 0.168. The van der Waals surface area contributed by atoms with Gasteiger partial charge in [-0.1, -0.05) is 0 Å². The minimum Gasteiger partial charge on any atom is -0.507 e. The Bertz CT molecular complexity index is 459. The number of halogens is 1. The number of rotatable bonds is 3. The van der Waals surface area contributed by atoms with Gasteiger partial charge in [-0.25, -0.2) is 4.39 Å². The van der Waals surface area contributed by atoms with Gasteiger partial charge in [0, 0.05) is 18.7 Å². The van der Waals surface area contributed by atoms with Gasteiger partial charge in [0.1, 0.15) is 11.6 Å². The van der Waals surface area contributed by atoms with Crippen LogP contribution >= 0.6 is 0 Å². The molecular weight excluding hydrogens is 247 g/mol. The van der Waals surface area contributed by atoms with Gasteiger partial charge in [-0.2, -0.15) is 0 Å². The van der Waals surface area contributed by atoms with Crippen molar-refractivity contribution < 1.29 is 14.3 Å². The van der Waals surface area contributed by atoms with E-state index >= 15 is 0 Å². The Balaban J connectivity index is 2.19. The van der Waals surface area contributed by atoms with Gasteiger partial charge in [0.25, 0.3) is 5.91 Å². The van der Waals surface area contributed by atoms with Gasteiger partial charge in [-0.3, -0.25) is 4.79 Å². The zero-order valence-electron chi connectivity index (χ0n) is 11.0. The third kappa shape index (κ3) is 3.04. The third-order valence-corrected chi connectivity index (χ3v) is 3.54. The molecule has 1 saturated heterocycles. The van der Waals surface area contributed by atoms with E-state index in [0.717, 1.165) is 32.0 Å². The first kappa shape index (κ1) is 13.8. The second-order valence-electron chi connectivity index (χ2n) is 4.73. The van der Waals surface area contributed by atoms with E-state index < -0.39 is 5.82 Å². The molecule has 5 heteroatoms. The first-order valence-corrected chi connectivity index (χ1v) is 6.63. The van der Waals surface area contributed by atoms with Gasteiger partial charge in [-0.15, -0.1) is 0 Å². The molecule has 2 N–H and O–H groups in total. The molecule has 0 bridgehead atoms. The molecular formula is C14H19FN2O2. The second kappa shape index (κ2) is 6.02. The van der Waals surface area contributed by atoms with Gasteiger partial charge < -0.3 is 15.3 Å². The smallest absolute Gasteiger partial charge is 0.257 e. The highest BCUT2D eigenvalue weighted by Crippen LogP contribution is 2.22. The Labute approximate surface area is 112 Å². The topological polar surface area (TPSA) is 52.6 Å². The number of piperidine rings is 1. The first-order chi connectivity index (χ1) is 9.13. The predicted octanol–water partition coefficient (Wildman–Crippen LogP) is 1.75. The van der Waals surface area contributed by atoms with Crippen molar-refractivity contribution in [1.82, 2.24) is 10.2 Å². The van der Waals surface area contributed by atoms with Crippen molar-refractivity contribution in [2.24, 2.45) is 0 Å². The lowest BCUT2D eigenvalue weighted by atomic mass is 10.0. The number of phenolic OH excluding ortho intramolecular Hbond substituents is 1. The number of carbonyl (C=O) groups is 1. The van der Waals surface area contributed by atoms with E-state index in [1.807, 2.05) is 6.92 Å². The average molecular weight is 266 g/mol. The van der Waals surface area contributed by atoms with E-state index in [2.05, 4.69) is 5.32 Å². The summed E-state index contributed by atoms with van der Waals surface area (Å²) in [6, 6.07) is 3.70. The van der Waals surface area contributed by atoms with Crippen molar-refractivity contribution in [1.29, 1.82) is 0 Å². The summed E-state index contributed by atoms with van der Waals surface area (Å²) in [6.45, 7) is 4.29. The lowest BCUT2D eigenvalue weighted by Gasteiger charge is -2.34. The number of carbonyl (C=O) groups excluding carboxylic acids is 1. The van der Waals surface area contributed by atoms with Crippen molar-refractivity contribution in [2.45, 2.75) is 25.8 Å². The van der Waals surface area contributed by atoms with Gasteiger partial charge in [0.05, 0.1) is 5.56 Å². The number of phenols is 1. The van der Waals surface area contributed by atoms with Crippen LogP contribution in [0.3, 0.4) is 0 Å². The number of hydrogen-bond acceptors (Lipinski definition) is 3. The minimum absolute atomic E-state index is 0.168. The number of nitrogens with one attached hydrogen (secondary N) is 1. The van der Waals surface area contributed by atoms with Crippen molar-refractivity contribution in [3.05, 3.63) is 29.6 Å². The summed E-state index contributed by atoms with van der Waals surface area (Å²) >= 11 is 0. The zero-order chi connectivity index (χ0) is 13.8. The molecule has 0 aliphatic carbocycles. The van der Waals surface area contributed by atoms with Crippen LogP contribution in [0.1, 0.15) is 30.1 Å². The molecule has 0 spiro atoms. The van der Waals surface area contributed by atoms with Crippen molar-refractivity contribution >= 4 is 5.91 Å². The van der Waals surface area contributed by atoms with Crippen LogP contribution in [0.25, 0.3) is 0 Å². The molecule has 0 unspecified atom stereocenters. The van der Waals surface area contributed by atoms with Crippen LogP contribution in [0.15, 0.2) is 18.2 Å². The monoisotopic (exact) mass is 266 g/mol. The molecule has 1 aliphatic heterocycles. The van der Waals surface area contributed by atoms with E-state index in [1.54, 1.807) is 4.90 Å². The van der Waals surface area contributed by atoms with Crippen LogP contribution < -0.4 is 5.32 Å². The summed E-state index contributed by atoms with van der Waals surface area (Å²) in [5.74, 6) is -1.07. The van der Waals surface area contributed by atoms with Crippen LogP contribution in [0.4, 0.5) is 4.39 Å². The molecule has 19 heavy (non-hydrogen) atoms. The van der Waals surface area contributed by atoms with Gasteiger partial charge >= 0.3 is 0 Å². The summed E-state index contributed by atoms with van der Waals surface area (Å²) in [7, 11) is 0. The molecule has 1 aromatic rings. The van der Waals surface area contributed by atoms with Crippen molar-refractivity contribution in [3.8, 4) is 5.75 Å². The van der Waals surface area contributed by atoms with Crippen LogP contribution in [0.5, 0.6) is 5.75 Å². The Morgan fingerprint density at radius 1 is 1.47 bits per heavy atom. The fourth-order valence-electron chi connectivity index (χ4n) is 2.53. The van der Waals surface area contributed by atoms with Gasteiger partial charge in [0.2, 0.25) is 0 Å². The zero-order valence-corrected chi connectivity index (χ0v) is 11.0. The lowest BCUT2D eigenvalue weighted by Crippen LogP contribution is -2.46. The molecule has 0 atom stereocenters. The van der Waals surface area contributed by atoms with E-state index in [-0.39, 0.29) is 23.3 Å². The van der Waals surface area contributed by atoms with Crippen LogP contribution in [-0.4, -0.2) is 41.6 Å². The van der Waals surface area contributed by atoms with Crippen molar-refractivity contribution in [2.75, 3.05) is 19.6 Å². The summed E-state index contributed by atoms with van der Waals surface area (Å²) < 4.78 is 13.0. The molecule has 1 fully saturated rings. The number of aromatic hydroxyl groups is 1. The third-order valence-electron chi connectivity index (χ3n) is 3.54. The first-order valence-electron chi connectivity index (χ1n) is 6.63. The fourth-order valence-corrected chi connectivity index (χ4v) is 2.53. The van der Waals surface area contributed by atoms with E-state index in [4.69, 9.17) is 0 Å². The molecule has 2 rings (SSSR count). The molecule has 0 radical (unpaired) electrons. The van der Waals surface area contributed by atoms with Crippen LogP contribution in [0, 0.1) is 5.82 Å². The number of nitrogens with zero attached hydrogens (tertiary/aromatic N) is 1. The molecule has 104 valence electrons. The van der Waals surface area contributed by atoms with E-state index in [9.17, 15) is 14.3 Å². The summed E-state index contributed by atoms with van der Waals surface area (Å²) in [6.07, 6.45) is 1.81. The predicted molar refractivity (Wildman–Crippen MR) is 70.7 cm³/mol. The molecule has 4 nitrogen and oxygen atoms in total.